The van der Waals surface area contributed by atoms with E-state index in [1.54, 1.807) is 0 Å². The number of aromatic nitrogens is 1. The fourth-order valence-electron chi connectivity index (χ4n) is 3.37. The van der Waals surface area contributed by atoms with Gasteiger partial charge in [0.25, 0.3) is 0 Å². The minimum absolute atomic E-state index is 0.0477. The molecule has 130 valence electrons. The van der Waals surface area contributed by atoms with Crippen molar-refractivity contribution in [2.45, 2.75) is 17.2 Å². The fraction of sp³-hybridized carbons (Fsp3) is 0.200. The van der Waals surface area contributed by atoms with Crippen LogP contribution in [0.25, 0.3) is 10.9 Å². The molecule has 2 heterocycles. The Labute approximate surface area is 155 Å². The molecule has 3 aromatic rings. The predicted molar refractivity (Wildman–Crippen MR) is 102 cm³/mol. The van der Waals surface area contributed by atoms with E-state index in [1.165, 1.54) is 11.8 Å². The van der Waals surface area contributed by atoms with Gasteiger partial charge in [-0.1, -0.05) is 36.4 Å². The minimum atomic E-state index is -0.781. The normalized spacial score (nSPS) is 19.5. The average Bonchev–Trinajstić information content (AvgIpc) is 3.28. The highest BCUT2D eigenvalue weighted by Crippen LogP contribution is 2.39. The number of carboxylic acids is 1. The van der Waals surface area contributed by atoms with Crippen LogP contribution >= 0.6 is 11.8 Å². The number of hydrogen-bond acceptors (Lipinski definition) is 4. The van der Waals surface area contributed by atoms with Crippen molar-refractivity contribution in [3.05, 3.63) is 71.4 Å². The van der Waals surface area contributed by atoms with E-state index in [0.29, 0.717) is 18.7 Å². The number of hydrogen-bond donors (Lipinski definition) is 2. The second kappa shape index (κ2) is 6.87. The molecule has 1 aromatic heterocycles. The predicted octanol–water partition coefficient (Wildman–Crippen LogP) is 3.35. The molecule has 0 saturated carbocycles. The van der Waals surface area contributed by atoms with Gasteiger partial charge in [0.1, 0.15) is 5.25 Å². The van der Waals surface area contributed by atoms with Gasteiger partial charge >= 0.3 is 5.97 Å². The fourth-order valence-corrected chi connectivity index (χ4v) is 4.53. The second-order valence-electron chi connectivity index (χ2n) is 6.25. The smallest absolute Gasteiger partial charge is 0.318 e. The maximum Gasteiger partial charge on any atom is 0.318 e. The number of fused-ring (bicyclic) bond motifs is 1. The standard InChI is InChI=1S/C20H17N3O2S/c21-9-13-5-1-2-6-14(13)11-23-12-16(15-7-3-4-8-17(15)23)19-22-10-18(26-19)20(24)25/h1-8,12,18-19,22H,10-11H2,(H,24,25)/t18-,19-/m1/s1. The van der Waals surface area contributed by atoms with Crippen LogP contribution in [0, 0.1) is 11.3 Å². The highest BCUT2D eigenvalue weighted by Gasteiger charge is 2.32. The second-order valence-corrected chi connectivity index (χ2v) is 7.56. The molecular weight excluding hydrogens is 346 g/mol. The Kier molecular flexibility index (Phi) is 4.41. The van der Waals surface area contributed by atoms with Gasteiger partial charge < -0.3 is 9.67 Å². The average molecular weight is 363 g/mol. The zero-order chi connectivity index (χ0) is 18.1. The lowest BCUT2D eigenvalue weighted by Gasteiger charge is -2.08. The van der Waals surface area contributed by atoms with Gasteiger partial charge in [0.05, 0.1) is 17.0 Å². The molecule has 0 spiro atoms. The van der Waals surface area contributed by atoms with Crippen LogP contribution in [0.3, 0.4) is 0 Å². The van der Waals surface area contributed by atoms with Gasteiger partial charge in [-0.3, -0.25) is 10.1 Å². The summed E-state index contributed by atoms with van der Waals surface area (Å²) in [6.45, 7) is 1.06. The molecule has 0 unspecified atom stereocenters. The number of nitrogens with zero attached hydrogens (tertiary/aromatic N) is 2. The van der Waals surface area contributed by atoms with Crippen LogP contribution in [0.2, 0.25) is 0 Å². The lowest BCUT2D eigenvalue weighted by atomic mass is 10.1. The third kappa shape index (κ3) is 2.96. The first-order valence-corrected chi connectivity index (χ1v) is 9.29. The van der Waals surface area contributed by atoms with E-state index in [2.05, 4.69) is 34.3 Å². The SMILES string of the molecule is N#Cc1ccccc1Cn1cc([C@@H]2NC[C@H](C(=O)O)S2)c2ccccc21. The highest BCUT2D eigenvalue weighted by molar-refractivity contribution is 8.01. The number of rotatable bonds is 4. The van der Waals surface area contributed by atoms with E-state index >= 15 is 0 Å². The van der Waals surface area contributed by atoms with Gasteiger partial charge in [-0.25, -0.2) is 0 Å². The first-order chi connectivity index (χ1) is 12.7. The van der Waals surface area contributed by atoms with E-state index in [9.17, 15) is 15.2 Å². The Morgan fingerprint density at radius 3 is 2.81 bits per heavy atom. The van der Waals surface area contributed by atoms with Crippen LogP contribution in [0.4, 0.5) is 0 Å². The molecule has 0 radical (unpaired) electrons. The zero-order valence-electron chi connectivity index (χ0n) is 13.9. The van der Waals surface area contributed by atoms with Gasteiger partial charge in [-0.2, -0.15) is 5.26 Å². The summed E-state index contributed by atoms with van der Waals surface area (Å²) in [7, 11) is 0. The van der Waals surface area contributed by atoms with E-state index in [0.717, 1.165) is 22.0 Å². The number of carbonyl (C=O) groups is 1. The summed E-state index contributed by atoms with van der Waals surface area (Å²) in [5.74, 6) is -0.781. The maximum atomic E-state index is 11.3. The molecule has 2 N–H and O–H groups in total. The molecule has 2 atom stereocenters. The van der Waals surface area contributed by atoms with Gasteiger partial charge in [-0.05, 0) is 17.7 Å². The van der Waals surface area contributed by atoms with Crippen molar-refractivity contribution in [1.82, 2.24) is 9.88 Å². The quantitative estimate of drug-likeness (QED) is 0.743. The van der Waals surface area contributed by atoms with Crippen LogP contribution in [-0.4, -0.2) is 27.4 Å². The lowest BCUT2D eigenvalue weighted by molar-refractivity contribution is -0.136. The third-order valence-electron chi connectivity index (χ3n) is 4.64. The number of benzene rings is 2. The number of para-hydroxylation sites is 1. The van der Waals surface area contributed by atoms with Gasteiger partial charge in [0, 0.05) is 35.8 Å². The summed E-state index contributed by atoms with van der Waals surface area (Å²) in [5.41, 5.74) is 3.81. The third-order valence-corrected chi connectivity index (χ3v) is 6.03. The first-order valence-electron chi connectivity index (χ1n) is 8.35. The molecule has 5 nitrogen and oxygen atoms in total. The van der Waals surface area contributed by atoms with Crippen LogP contribution < -0.4 is 5.32 Å². The van der Waals surface area contributed by atoms with E-state index in [-0.39, 0.29) is 5.37 Å². The molecule has 1 saturated heterocycles. The number of thioether (sulfide) groups is 1. The van der Waals surface area contributed by atoms with Crippen LogP contribution in [0.15, 0.2) is 54.7 Å². The Bertz CT molecular complexity index is 1020. The van der Waals surface area contributed by atoms with Crippen molar-refractivity contribution in [3.63, 3.8) is 0 Å². The van der Waals surface area contributed by atoms with Crippen molar-refractivity contribution < 1.29 is 9.90 Å². The first kappa shape index (κ1) is 16.7. The van der Waals surface area contributed by atoms with Gasteiger partial charge in [-0.15, -0.1) is 11.8 Å². The molecule has 26 heavy (non-hydrogen) atoms. The van der Waals surface area contributed by atoms with E-state index in [4.69, 9.17) is 0 Å². The highest BCUT2D eigenvalue weighted by atomic mass is 32.2. The van der Waals surface area contributed by atoms with Crippen molar-refractivity contribution in [3.8, 4) is 6.07 Å². The molecule has 1 fully saturated rings. The molecule has 0 aliphatic carbocycles. The molecule has 0 bridgehead atoms. The van der Waals surface area contributed by atoms with Crippen LogP contribution in [-0.2, 0) is 11.3 Å². The number of nitriles is 1. The molecule has 4 rings (SSSR count). The molecule has 6 heteroatoms. The number of nitrogens with one attached hydrogen (secondary N) is 1. The minimum Gasteiger partial charge on any atom is -0.480 e. The van der Waals surface area contributed by atoms with Crippen molar-refractivity contribution in [2.75, 3.05) is 6.54 Å². The number of aliphatic carboxylic acids is 1. The largest absolute Gasteiger partial charge is 0.480 e. The summed E-state index contributed by atoms with van der Waals surface area (Å²) in [6.07, 6.45) is 2.08. The molecule has 1 aliphatic heterocycles. The van der Waals surface area contributed by atoms with Crippen molar-refractivity contribution >= 4 is 28.6 Å². The maximum absolute atomic E-state index is 11.3. The van der Waals surface area contributed by atoms with Crippen molar-refractivity contribution in [1.29, 1.82) is 5.26 Å². The Hall–Kier alpha value is -2.75. The van der Waals surface area contributed by atoms with E-state index < -0.39 is 11.2 Å². The summed E-state index contributed by atoms with van der Waals surface area (Å²) >= 11 is 1.44. The van der Waals surface area contributed by atoms with E-state index in [1.807, 2.05) is 36.4 Å². The molecular formula is C20H17N3O2S. The molecule has 2 aromatic carbocycles. The monoisotopic (exact) mass is 363 g/mol. The zero-order valence-corrected chi connectivity index (χ0v) is 14.7. The summed E-state index contributed by atoms with van der Waals surface area (Å²) in [6, 6.07) is 18.0. The Morgan fingerprint density at radius 2 is 2.04 bits per heavy atom. The van der Waals surface area contributed by atoms with Gasteiger partial charge in [0.2, 0.25) is 0 Å². The Morgan fingerprint density at radius 1 is 1.27 bits per heavy atom. The molecule has 1 aliphatic rings. The molecule has 0 amide bonds. The van der Waals surface area contributed by atoms with Gasteiger partial charge in [0.15, 0.2) is 0 Å². The van der Waals surface area contributed by atoms with Crippen LogP contribution in [0.1, 0.15) is 22.1 Å². The summed E-state index contributed by atoms with van der Waals surface area (Å²) in [4.78, 5) is 11.3. The topological polar surface area (TPSA) is 78.0 Å². The number of carboxylic acid groups (broad SMARTS) is 1. The summed E-state index contributed by atoms with van der Waals surface area (Å²) in [5, 5.41) is 22.5. The van der Waals surface area contributed by atoms with Crippen molar-refractivity contribution in [2.24, 2.45) is 0 Å². The summed E-state index contributed by atoms with van der Waals surface area (Å²) < 4.78 is 2.14. The Balaban J connectivity index is 1.73. The van der Waals surface area contributed by atoms with Crippen LogP contribution in [0.5, 0.6) is 0 Å². The lowest BCUT2D eigenvalue weighted by Crippen LogP contribution is -2.21.